The van der Waals surface area contributed by atoms with Gasteiger partial charge in [0.1, 0.15) is 5.82 Å². The van der Waals surface area contributed by atoms with Crippen molar-refractivity contribution in [2.75, 3.05) is 0 Å². The van der Waals surface area contributed by atoms with Crippen molar-refractivity contribution >= 4 is 5.97 Å². The quantitative estimate of drug-likeness (QED) is 0.881. The van der Waals surface area contributed by atoms with Crippen LogP contribution in [0.4, 0.5) is 4.39 Å². The van der Waals surface area contributed by atoms with Crippen LogP contribution in [0.2, 0.25) is 0 Å². The van der Waals surface area contributed by atoms with Crippen LogP contribution >= 0.6 is 0 Å². The van der Waals surface area contributed by atoms with Gasteiger partial charge in [-0.2, -0.15) is 0 Å². The molecule has 0 spiro atoms. The van der Waals surface area contributed by atoms with Gasteiger partial charge in [0.05, 0.1) is 6.20 Å². The summed E-state index contributed by atoms with van der Waals surface area (Å²) in [5, 5.41) is 20.4. The number of aliphatic carboxylic acids is 1. The molecule has 0 atom stereocenters. The molecule has 0 unspecified atom stereocenters. The highest BCUT2D eigenvalue weighted by Crippen LogP contribution is 2.40. The fraction of sp³-hybridized carbons (Fsp3) is 0.364. The molecule has 19 heavy (non-hydrogen) atoms. The Morgan fingerprint density at radius 1 is 1.42 bits per heavy atom. The van der Waals surface area contributed by atoms with Gasteiger partial charge in [0.25, 0.3) is 0 Å². The number of carboxylic acids is 1. The second kappa shape index (κ2) is 4.08. The van der Waals surface area contributed by atoms with Gasteiger partial charge in [-0.25, -0.2) is 13.9 Å². The molecule has 0 bridgehead atoms. The van der Waals surface area contributed by atoms with Crippen molar-refractivity contribution in [3.63, 3.8) is 0 Å². The van der Waals surface area contributed by atoms with E-state index < -0.39 is 17.3 Å². The lowest BCUT2D eigenvalue weighted by atomic mass is 9.76. The first-order chi connectivity index (χ1) is 9.13. The number of aromatic nitrogens is 5. The van der Waals surface area contributed by atoms with Crippen LogP contribution in [0.3, 0.4) is 0 Å². The number of rotatable bonds is 3. The van der Waals surface area contributed by atoms with E-state index in [1.165, 1.54) is 16.9 Å². The molecule has 2 aromatic heterocycles. The lowest BCUT2D eigenvalue weighted by Crippen LogP contribution is -2.48. The van der Waals surface area contributed by atoms with Crippen LogP contribution in [0.25, 0.3) is 11.4 Å². The number of hydrogen-bond donors (Lipinski definition) is 1. The molecular weight excluding hydrogens is 253 g/mol. The number of carbonyl (C=O) groups is 1. The van der Waals surface area contributed by atoms with E-state index in [0.29, 0.717) is 18.4 Å². The first-order valence-electron chi connectivity index (χ1n) is 5.77. The van der Waals surface area contributed by atoms with E-state index >= 15 is 0 Å². The molecule has 0 saturated heterocycles. The molecule has 1 saturated carbocycles. The standard InChI is InChI=1S/C11H10FN5O2/c12-8-4-7(5-13-6-8)9-14-15-16-17(9)11(10(18)19)2-1-3-11/h4-6H,1-3H2,(H,18,19). The average Bonchev–Trinajstić information content (AvgIpc) is 2.76. The van der Waals surface area contributed by atoms with Crippen molar-refractivity contribution in [1.29, 1.82) is 0 Å². The van der Waals surface area contributed by atoms with E-state index in [4.69, 9.17) is 0 Å². The summed E-state index contributed by atoms with van der Waals surface area (Å²) in [6, 6.07) is 1.23. The molecule has 98 valence electrons. The van der Waals surface area contributed by atoms with Crippen molar-refractivity contribution in [2.24, 2.45) is 0 Å². The number of pyridine rings is 1. The van der Waals surface area contributed by atoms with Gasteiger partial charge >= 0.3 is 5.97 Å². The van der Waals surface area contributed by atoms with Gasteiger partial charge in [-0.3, -0.25) is 4.98 Å². The Kier molecular flexibility index (Phi) is 2.51. The molecule has 1 N–H and O–H groups in total. The molecular formula is C11H10FN5O2. The predicted octanol–water partition coefficient (Wildman–Crippen LogP) is 0.838. The third-order valence-corrected chi connectivity index (χ3v) is 3.42. The maximum absolute atomic E-state index is 13.2. The highest BCUT2D eigenvalue weighted by Gasteiger charge is 2.49. The fourth-order valence-electron chi connectivity index (χ4n) is 2.22. The molecule has 8 heteroatoms. The van der Waals surface area contributed by atoms with Crippen molar-refractivity contribution < 1.29 is 14.3 Å². The summed E-state index contributed by atoms with van der Waals surface area (Å²) in [7, 11) is 0. The summed E-state index contributed by atoms with van der Waals surface area (Å²) in [6.07, 6.45) is 4.19. The Labute approximate surface area is 107 Å². The molecule has 1 aliphatic carbocycles. The highest BCUT2D eigenvalue weighted by atomic mass is 19.1. The van der Waals surface area contributed by atoms with Crippen LogP contribution < -0.4 is 0 Å². The molecule has 2 heterocycles. The molecule has 3 rings (SSSR count). The largest absolute Gasteiger partial charge is 0.479 e. The lowest BCUT2D eigenvalue weighted by molar-refractivity contribution is -0.153. The van der Waals surface area contributed by atoms with Crippen LogP contribution in [0, 0.1) is 5.82 Å². The van der Waals surface area contributed by atoms with Gasteiger partial charge in [0.2, 0.25) is 0 Å². The van der Waals surface area contributed by atoms with E-state index in [-0.39, 0.29) is 5.82 Å². The molecule has 2 aromatic rings. The Morgan fingerprint density at radius 2 is 2.21 bits per heavy atom. The van der Waals surface area contributed by atoms with Crippen molar-refractivity contribution in [1.82, 2.24) is 25.2 Å². The van der Waals surface area contributed by atoms with E-state index in [1.807, 2.05) is 0 Å². The molecule has 1 fully saturated rings. The summed E-state index contributed by atoms with van der Waals surface area (Å²) in [5.41, 5.74) is -0.761. The van der Waals surface area contributed by atoms with Crippen LogP contribution in [0.15, 0.2) is 18.5 Å². The molecule has 0 amide bonds. The van der Waals surface area contributed by atoms with E-state index in [9.17, 15) is 14.3 Å². The van der Waals surface area contributed by atoms with E-state index in [1.54, 1.807) is 0 Å². The first kappa shape index (κ1) is 11.7. The Bertz CT molecular complexity index is 638. The van der Waals surface area contributed by atoms with E-state index in [2.05, 4.69) is 20.5 Å². The monoisotopic (exact) mass is 263 g/mol. The summed E-state index contributed by atoms with van der Waals surface area (Å²) in [4.78, 5) is 15.2. The normalized spacial score (nSPS) is 16.9. The summed E-state index contributed by atoms with van der Waals surface area (Å²) < 4.78 is 14.4. The maximum atomic E-state index is 13.2. The number of hydrogen-bond acceptors (Lipinski definition) is 5. The fourth-order valence-corrected chi connectivity index (χ4v) is 2.22. The second-order valence-electron chi connectivity index (χ2n) is 4.50. The van der Waals surface area contributed by atoms with Gasteiger partial charge in [0, 0.05) is 11.8 Å². The van der Waals surface area contributed by atoms with Crippen molar-refractivity contribution in [3.05, 3.63) is 24.3 Å². The zero-order chi connectivity index (χ0) is 13.5. The highest BCUT2D eigenvalue weighted by molar-refractivity contribution is 5.78. The van der Waals surface area contributed by atoms with Gasteiger partial charge in [0.15, 0.2) is 11.4 Å². The zero-order valence-corrected chi connectivity index (χ0v) is 9.82. The summed E-state index contributed by atoms with van der Waals surface area (Å²) in [6.45, 7) is 0. The minimum Gasteiger partial charge on any atom is -0.479 e. The Morgan fingerprint density at radius 3 is 2.79 bits per heavy atom. The summed E-state index contributed by atoms with van der Waals surface area (Å²) in [5.74, 6) is -1.28. The lowest BCUT2D eigenvalue weighted by Gasteiger charge is -2.37. The predicted molar refractivity (Wildman–Crippen MR) is 60.5 cm³/mol. The maximum Gasteiger partial charge on any atom is 0.331 e. The first-order valence-corrected chi connectivity index (χ1v) is 5.77. The average molecular weight is 263 g/mol. The second-order valence-corrected chi connectivity index (χ2v) is 4.50. The molecule has 1 aliphatic rings. The Hall–Kier alpha value is -2.38. The van der Waals surface area contributed by atoms with Crippen molar-refractivity contribution in [2.45, 2.75) is 24.8 Å². The van der Waals surface area contributed by atoms with Crippen LogP contribution in [-0.4, -0.2) is 36.3 Å². The molecule has 7 nitrogen and oxygen atoms in total. The van der Waals surface area contributed by atoms with Crippen molar-refractivity contribution in [3.8, 4) is 11.4 Å². The van der Waals surface area contributed by atoms with Gasteiger partial charge in [-0.05, 0) is 35.8 Å². The minimum absolute atomic E-state index is 0.217. The molecule has 0 aliphatic heterocycles. The Balaban J connectivity index is 2.11. The number of tetrazole rings is 1. The third-order valence-electron chi connectivity index (χ3n) is 3.42. The van der Waals surface area contributed by atoms with Gasteiger partial charge in [-0.15, -0.1) is 5.10 Å². The van der Waals surface area contributed by atoms with Gasteiger partial charge < -0.3 is 5.11 Å². The van der Waals surface area contributed by atoms with Gasteiger partial charge in [-0.1, -0.05) is 0 Å². The SMILES string of the molecule is O=C(O)C1(n2nnnc2-c2cncc(F)c2)CCC1. The third kappa shape index (κ3) is 1.67. The molecule has 0 radical (unpaired) electrons. The minimum atomic E-state index is -1.12. The number of halogens is 1. The molecule has 0 aromatic carbocycles. The van der Waals surface area contributed by atoms with Crippen LogP contribution in [0.1, 0.15) is 19.3 Å². The zero-order valence-electron chi connectivity index (χ0n) is 9.82. The number of carboxylic acid groups (broad SMARTS) is 1. The number of nitrogens with zero attached hydrogens (tertiary/aromatic N) is 5. The smallest absolute Gasteiger partial charge is 0.331 e. The summed E-state index contributed by atoms with van der Waals surface area (Å²) >= 11 is 0. The van der Waals surface area contributed by atoms with Crippen LogP contribution in [0.5, 0.6) is 0 Å². The topological polar surface area (TPSA) is 93.8 Å². The van der Waals surface area contributed by atoms with Crippen LogP contribution in [-0.2, 0) is 10.3 Å². The van der Waals surface area contributed by atoms with E-state index in [0.717, 1.165) is 12.6 Å².